The molecule has 4 rings (SSSR count). The van der Waals surface area contributed by atoms with Gasteiger partial charge in [0, 0.05) is 31.4 Å². The van der Waals surface area contributed by atoms with Crippen LogP contribution in [0.25, 0.3) is 34.1 Å². The van der Waals surface area contributed by atoms with Gasteiger partial charge in [0.25, 0.3) is 5.52 Å². The van der Waals surface area contributed by atoms with Gasteiger partial charge in [-0.2, -0.15) is 9.13 Å². The quantitative estimate of drug-likeness (QED) is 0.523. The number of aromatic nitrogens is 3. The summed E-state index contributed by atoms with van der Waals surface area (Å²) in [5, 5.41) is 0. The molecular formula is C19H19N3O+2. The topological polar surface area (TPSA) is 25.8 Å². The Morgan fingerprint density at radius 1 is 0.826 bits per heavy atom. The fourth-order valence-corrected chi connectivity index (χ4v) is 3.11. The Hall–Kier alpha value is -2.88. The van der Waals surface area contributed by atoms with E-state index in [0.29, 0.717) is 0 Å². The molecule has 0 fully saturated rings. The number of pyridine rings is 1. The Kier molecular flexibility index (Phi) is 3.05. The molecule has 0 bridgehead atoms. The van der Waals surface area contributed by atoms with E-state index in [2.05, 4.69) is 70.4 Å². The Bertz CT molecular complexity index is 1010. The standard InChI is InChI=1S/C19H19N3O/c1-20-13-7-11-14(20)15-9-6-10-17(21(15)2)19-22(3)16-8-4-5-12-18(16)23-19/h4-13H,1-3H3/q+2. The lowest BCUT2D eigenvalue weighted by Crippen LogP contribution is -2.39. The van der Waals surface area contributed by atoms with Gasteiger partial charge in [0.1, 0.15) is 19.8 Å². The molecule has 4 aromatic rings. The lowest BCUT2D eigenvalue weighted by Gasteiger charge is -2.03. The molecule has 3 heterocycles. The van der Waals surface area contributed by atoms with Crippen LogP contribution in [0.3, 0.4) is 0 Å². The molecule has 1 aromatic carbocycles. The molecule has 0 atom stereocenters. The molecule has 3 aromatic heterocycles. The van der Waals surface area contributed by atoms with Crippen LogP contribution >= 0.6 is 0 Å². The van der Waals surface area contributed by atoms with Crippen molar-refractivity contribution in [2.75, 3.05) is 0 Å². The molecule has 0 radical (unpaired) electrons. The van der Waals surface area contributed by atoms with Crippen molar-refractivity contribution in [3.05, 3.63) is 60.8 Å². The minimum atomic E-state index is 0.852. The number of oxazole rings is 1. The minimum Gasteiger partial charge on any atom is -0.393 e. The summed E-state index contributed by atoms with van der Waals surface area (Å²) < 4.78 is 12.5. The highest BCUT2D eigenvalue weighted by atomic mass is 16.4. The fraction of sp³-hybridized carbons (Fsp3) is 0.158. The van der Waals surface area contributed by atoms with Gasteiger partial charge in [-0.05, 0) is 24.3 Å². The third-order valence-electron chi connectivity index (χ3n) is 4.39. The van der Waals surface area contributed by atoms with Crippen molar-refractivity contribution in [1.29, 1.82) is 0 Å². The van der Waals surface area contributed by atoms with Crippen molar-refractivity contribution in [3.63, 3.8) is 0 Å². The zero-order chi connectivity index (χ0) is 16.0. The predicted molar refractivity (Wildman–Crippen MR) is 88.4 cm³/mol. The van der Waals surface area contributed by atoms with Crippen LogP contribution in [0.5, 0.6) is 0 Å². The lowest BCUT2D eigenvalue weighted by atomic mass is 10.2. The zero-order valence-electron chi connectivity index (χ0n) is 13.5. The van der Waals surface area contributed by atoms with Gasteiger partial charge in [-0.1, -0.05) is 12.1 Å². The number of hydrogen-bond acceptors (Lipinski definition) is 1. The second-order valence-electron chi connectivity index (χ2n) is 5.79. The second-order valence-corrected chi connectivity index (χ2v) is 5.79. The Labute approximate surface area is 134 Å². The first-order valence-electron chi connectivity index (χ1n) is 7.65. The number of hydrogen-bond donors (Lipinski definition) is 0. The van der Waals surface area contributed by atoms with E-state index in [0.717, 1.165) is 28.4 Å². The third kappa shape index (κ3) is 2.06. The fourth-order valence-electron chi connectivity index (χ4n) is 3.11. The summed E-state index contributed by atoms with van der Waals surface area (Å²) in [7, 11) is 6.17. The number of fused-ring (bicyclic) bond motifs is 1. The minimum absolute atomic E-state index is 0.852. The molecule has 0 N–H and O–H groups in total. The lowest BCUT2D eigenvalue weighted by molar-refractivity contribution is -0.675. The van der Waals surface area contributed by atoms with Gasteiger partial charge >= 0.3 is 11.6 Å². The first-order valence-corrected chi connectivity index (χ1v) is 7.65. The number of nitrogens with zero attached hydrogens (tertiary/aromatic N) is 3. The summed E-state index contributed by atoms with van der Waals surface area (Å²) in [6.07, 6.45) is 2.06. The van der Waals surface area contributed by atoms with E-state index in [1.54, 1.807) is 0 Å². The summed E-state index contributed by atoms with van der Waals surface area (Å²) in [6.45, 7) is 0. The summed E-state index contributed by atoms with van der Waals surface area (Å²) in [6, 6.07) is 18.6. The molecule has 0 spiro atoms. The highest BCUT2D eigenvalue weighted by molar-refractivity contribution is 5.70. The van der Waals surface area contributed by atoms with Gasteiger partial charge in [-0.15, -0.1) is 0 Å². The maximum atomic E-state index is 6.10. The van der Waals surface area contributed by atoms with Crippen LogP contribution in [0.1, 0.15) is 0 Å². The van der Waals surface area contributed by atoms with Crippen LogP contribution < -0.4 is 9.13 Å². The van der Waals surface area contributed by atoms with Gasteiger partial charge in [-0.25, -0.2) is 0 Å². The summed E-state index contributed by atoms with van der Waals surface area (Å²) >= 11 is 0. The molecule has 4 heteroatoms. The van der Waals surface area contributed by atoms with Crippen LogP contribution in [-0.4, -0.2) is 4.57 Å². The number of benzene rings is 1. The van der Waals surface area contributed by atoms with Crippen LogP contribution in [0, 0.1) is 0 Å². The molecule has 0 saturated carbocycles. The van der Waals surface area contributed by atoms with E-state index in [-0.39, 0.29) is 0 Å². The van der Waals surface area contributed by atoms with Crippen molar-refractivity contribution in [3.8, 4) is 23.0 Å². The van der Waals surface area contributed by atoms with E-state index < -0.39 is 0 Å². The van der Waals surface area contributed by atoms with Crippen LogP contribution in [-0.2, 0) is 21.1 Å². The van der Waals surface area contributed by atoms with Crippen LogP contribution in [0.15, 0.2) is 65.2 Å². The highest BCUT2D eigenvalue weighted by Gasteiger charge is 2.29. The highest BCUT2D eigenvalue weighted by Crippen LogP contribution is 2.22. The Morgan fingerprint density at radius 3 is 2.35 bits per heavy atom. The van der Waals surface area contributed by atoms with Gasteiger partial charge in [0.15, 0.2) is 0 Å². The normalized spacial score (nSPS) is 11.3. The summed E-state index contributed by atoms with van der Waals surface area (Å²) in [5.41, 5.74) is 5.35. The molecule has 114 valence electrons. The largest absolute Gasteiger partial charge is 0.448 e. The molecule has 0 unspecified atom stereocenters. The molecule has 0 amide bonds. The Balaban J connectivity index is 1.96. The average molecular weight is 305 g/mol. The van der Waals surface area contributed by atoms with Crippen molar-refractivity contribution in [2.24, 2.45) is 21.1 Å². The molecule has 0 saturated heterocycles. The van der Waals surface area contributed by atoms with Gasteiger partial charge in [0.05, 0.1) is 0 Å². The molecule has 4 nitrogen and oxygen atoms in total. The van der Waals surface area contributed by atoms with E-state index in [1.165, 1.54) is 5.69 Å². The van der Waals surface area contributed by atoms with Gasteiger partial charge in [-0.3, -0.25) is 0 Å². The van der Waals surface area contributed by atoms with Gasteiger partial charge < -0.3 is 8.98 Å². The number of aryl methyl sites for hydroxylation is 2. The summed E-state index contributed by atoms with van der Waals surface area (Å²) in [4.78, 5) is 0. The van der Waals surface area contributed by atoms with E-state index in [9.17, 15) is 0 Å². The number of para-hydroxylation sites is 2. The van der Waals surface area contributed by atoms with Crippen molar-refractivity contribution in [1.82, 2.24) is 4.57 Å². The molecule has 0 aliphatic heterocycles. The monoisotopic (exact) mass is 305 g/mol. The second kappa shape index (κ2) is 5.09. The molecule has 0 aliphatic rings. The van der Waals surface area contributed by atoms with E-state index >= 15 is 0 Å². The van der Waals surface area contributed by atoms with Gasteiger partial charge in [0.2, 0.25) is 11.3 Å². The van der Waals surface area contributed by atoms with Crippen molar-refractivity contribution in [2.45, 2.75) is 0 Å². The molecular weight excluding hydrogens is 286 g/mol. The molecule has 23 heavy (non-hydrogen) atoms. The predicted octanol–water partition coefficient (Wildman–Crippen LogP) is 2.75. The first-order chi connectivity index (χ1) is 11.2. The zero-order valence-corrected chi connectivity index (χ0v) is 13.5. The molecule has 0 aliphatic carbocycles. The Morgan fingerprint density at radius 2 is 1.61 bits per heavy atom. The van der Waals surface area contributed by atoms with E-state index in [4.69, 9.17) is 4.42 Å². The van der Waals surface area contributed by atoms with Crippen molar-refractivity contribution < 1.29 is 13.6 Å². The summed E-state index contributed by atoms with van der Waals surface area (Å²) in [5.74, 6) is 0.852. The average Bonchev–Trinajstić information content (AvgIpc) is 3.12. The SMILES string of the molecule is Cn1cccc1-c1cccc(-c2oc3ccccc3[n+]2C)[n+]1C. The van der Waals surface area contributed by atoms with Crippen molar-refractivity contribution >= 4 is 11.1 Å². The smallest absolute Gasteiger partial charge is 0.393 e. The van der Waals surface area contributed by atoms with Crippen LogP contribution in [0.4, 0.5) is 0 Å². The van der Waals surface area contributed by atoms with Crippen LogP contribution in [0.2, 0.25) is 0 Å². The maximum Gasteiger partial charge on any atom is 0.448 e. The number of rotatable bonds is 2. The maximum absolute atomic E-state index is 6.10. The third-order valence-corrected chi connectivity index (χ3v) is 4.39. The van der Waals surface area contributed by atoms with E-state index in [1.807, 2.05) is 25.2 Å². The first kappa shape index (κ1) is 13.8.